The molecule has 0 amide bonds. The summed E-state index contributed by atoms with van der Waals surface area (Å²) in [6.07, 6.45) is 7.01. The molecule has 0 N–H and O–H groups in total. The van der Waals surface area contributed by atoms with Gasteiger partial charge >= 0.3 is 0 Å². The number of benzene rings is 2. The van der Waals surface area contributed by atoms with E-state index in [1.165, 1.54) is 36.8 Å². The number of hydrogen-bond donors (Lipinski definition) is 0. The molecule has 0 radical (unpaired) electrons. The monoisotopic (exact) mass is 310 g/mol. The normalized spacial score (nSPS) is 11.6. The third kappa shape index (κ3) is 5.21. The second-order valence-corrected chi connectivity index (χ2v) is 6.34. The van der Waals surface area contributed by atoms with Crippen LogP contribution in [0.25, 0.3) is 0 Å². The third-order valence-corrected chi connectivity index (χ3v) is 4.53. The van der Waals surface area contributed by atoms with Gasteiger partial charge in [0.25, 0.3) is 0 Å². The summed E-state index contributed by atoms with van der Waals surface area (Å²) in [5, 5.41) is 0. The quantitative estimate of drug-likeness (QED) is 0.488. The van der Waals surface area contributed by atoms with Gasteiger partial charge in [-0.25, -0.2) is 0 Å². The first-order chi connectivity index (χ1) is 11.3. The summed E-state index contributed by atoms with van der Waals surface area (Å²) in [4.78, 5) is 0. The van der Waals surface area contributed by atoms with Crippen molar-refractivity contribution in [3.63, 3.8) is 0 Å². The molecule has 0 aliphatic rings. The van der Waals surface area contributed by atoms with E-state index in [-0.39, 0.29) is 5.60 Å². The summed E-state index contributed by atoms with van der Waals surface area (Å²) < 4.78 is 6.61. The molecule has 2 aromatic carbocycles. The molecule has 0 heterocycles. The van der Waals surface area contributed by atoms with Gasteiger partial charge < -0.3 is 4.74 Å². The van der Waals surface area contributed by atoms with Gasteiger partial charge in [-0.15, -0.1) is 0 Å². The molecule has 0 saturated carbocycles. The Balaban J connectivity index is 2.23. The fraction of sp³-hybridized carbons (Fsp3) is 0.455. The largest absolute Gasteiger partial charge is 0.366 e. The maximum Gasteiger partial charge on any atom is 0.0935 e. The topological polar surface area (TPSA) is 9.23 Å². The summed E-state index contributed by atoms with van der Waals surface area (Å²) in [7, 11) is 0. The van der Waals surface area contributed by atoms with E-state index in [1.807, 2.05) is 0 Å². The van der Waals surface area contributed by atoms with E-state index < -0.39 is 0 Å². The second kappa shape index (κ2) is 9.52. The zero-order valence-corrected chi connectivity index (χ0v) is 14.6. The van der Waals surface area contributed by atoms with Gasteiger partial charge in [0.1, 0.15) is 0 Å². The molecule has 0 bridgehead atoms. The van der Waals surface area contributed by atoms with Crippen molar-refractivity contribution in [2.45, 2.75) is 64.6 Å². The van der Waals surface area contributed by atoms with Crippen molar-refractivity contribution in [1.29, 1.82) is 0 Å². The van der Waals surface area contributed by atoms with E-state index in [4.69, 9.17) is 4.74 Å². The maximum absolute atomic E-state index is 6.61. The fourth-order valence-corrected chi connectivity index (χ4v) is 3.10. The molecule has 0 unspecified atom stereocenters. The highest BCUT2D eigenvalue weighted by atomic mass is 16.5. The smallest absolute Gasteiger partial charge is 0.0935 e. The molecule has 23 heavy (non-hydrogen) atoms. The molecular weight excluding hydrogens is 280 g/mol. The minimum Gasteiger partial charge on any atom is -0.366 e. The molecule has 124 valence electrons. The predicted molar refractivity (Wildman–Crippen MR) is 98.4 cm³/mol. The minimum absolute atomic E-state index is 0.150. The van der Waals surface area contributed by atoms with Gasteiger partial charge in [-0.1, -0.05) is 100 Å². The zero-order valence-electron chi connectivity index (χ0n) is 14.6. The van der Waals surface area contributed by atoms with Gasteiger partial charge in [0, 0.05) is 0 Å². The Morgan fingerprint density at radius 1 is 0.739 bits per heavy atom. The SMILES string of the molecule is CCCCC(CCCC)(OCc1ccccc1)c1ccccc1. The molecule has 0 spiro atoms. The zero-order chi connectivity index (χ0) is 16.4. The van der Waals surface area contributed by atoms with E-state index in [2.05, 4.69) is 74.5 Å². The fourth-order valence-electron chi connectivity index (χ4n) is 3.10. The molecule has 1 heteroatoms. The Kier molecular flexibility index (Phi) is 7.35. The first-order valence-electron chi connectivity index (χ1n) is 9.04. The van der Waals surface area contributed by atoms with E-state index >= 15 is 0 Å². The van der Waals surface area contributed by atoms with E-state index in [1.54, 1.807) is 0 Å². The molecule has 0 aliphatic heterocycles. The van der Waals surface area contributed by atoms with Crippen LogP contribution in [-0.4, -0.2) is 0 Å². The Labute approximate surface area is 141 Å². The maximum atomic E-state index is 6.61. The van der Waals surface area contributed by atoms with Gasteiger partial charge in [-0.2, -0.15) is 0 Å². The molecule has 0 aromatic heterocycles. The number of ether oxygens (including phenoxy) is 1. The molecule has 0 fully saturated rings. The molecule has 1 nitrogen and oxygen atoms in total. The van der Waals surface area contributed by atoms with Crippen molar-refractivity contribution in [3.8, 4) is 0 Å². The molecule has 0 aliphatic carbocycles. The van der Waals surface area contributed by atoms with E-state index in [9.17, 15) is 0 Å². The highest BCUT2D eigenvalue weighted by molar-refractivity contribution is 5.23. The summed E-state index contributed by atoms with van der Waals surface area (Å²) in [5.74, 6) is 0. The summed E-state index contributed by atoms with van der Waals surface area (Å²) in [6, 6.07) is 21.3. The number of unbranched alkanes of at least 4 members (excludes halogenated alkanes) is 2. The van der Waals surface area contributed by atoms with Crippen molar-refractivity contribution >= 4 is 0 Å². The Morgan fingerprint density at radius 2 is 1.26 bits per heavy atom. The van der Waals surface area contributed by atoms with Crippen LogP contribution in [0.2, 0.25) is 0 Å². The first-order valence-corrected chi connectivity index (χ1v) is 9.04. The van der Waals surface area contributed by atoms with Crippen LogP contribution < -0.4 is 0 Å². The summed E-state index contributed by atoms with van der Waals surface area (Å²) >= 11 is 0. The van der Waals surface area contributed by atoms with Gasteiger partial charge in [-0.3, -0.25) is 0 Å². The van der Waals surface area contributed by atoms with Crippen LogP contribution in [0.3, 0.4) is 0 Å². The van der Waals surface area contributed by atoms with Crippen LogP contribution in [0.15, 0.2) is 60.7 Å². The highest BCUT2D eigenvalue weighted by Crippen LogP contribution is 2.37. The van der Waals surface area contributed by atoms with Gasteiger partial charge in [0.2, 0.25) is 0 Å². The average molecular weight is 310 g/mol. The molecular formula is C22H30O. The average Bonchev–Trinajstić information content (AvgIpc) is 2.63. The Bertz CT molecular complexity index is 524. The Morgan fingerprint density at radius 3 is 1.78 bits per heavy atom. The van der Waals surface area contributed by atoms with Crippen LogP contribution in [0.1, 0.15) is 63.5 Å². The van der Waals surface area contributed by atoms with Crippen LogP contribution in [-0.2, 0) is 16.9 Å². The molecule has 2 aromatic rings. The van der Waals surface area contributed by atoms with E-state index in [0.717, 1.165) is 12.8 Å². The van der Waals surface area contributed by atoms with E-state index in [0.29, 0.717) is 6.61 Å². The van der Waals surface area contributed by atoms with Crippen LogP contribution in [0, 0.1) is 0 Å². The van der Waals surface area contributed by atoms with Crippen molar-refractivity contribution in [2.24, 2.45) is 0 Å². The summed E-state index contributed by atoms with van der Waals surface area (Å²) in [6.45, 7) is 5.20. The van der Waals surface area contributed by atoms with Gasteiger partial charge in [0.15, 0.2) is 0 Å². The van der Waals surface area contributed by atoms with Crippen LogP contribution in [0.4, 0.5) is 0 Å². The van der Waals surface area contributed by atoms with Crippen LogP contribution >= 0.6 is 0 Å². The summed E-state index contributed by atoms with van der Waals surface area (Å²) in [5.41, 5.74) is 2.43. The lowest BCUT2D eigenvalue weighted by Gasteiger charge is -2.35. The second-order valence-electron chi connectivity index (χ2n) is 6.34. The van der Waals surface area contributed by atoms with Crippen LogP contribution in [0.5, 0.6) is 0 Å². The standard InChI is InChI=1S/C22H30O/c1-3-5-17-22(18-6-4-2,21-15-11-8-12-16-21)23-19-20-13-9-7-10-14-20/h7-16H,3-6,17-19H2,1-2H3. The highest BCUT2D eigenvalue weighted by Gasteiger charge is 2.31. The third-order valence-electron chi connectivity index (χ3n) is 4.53. The van der Waals surface area contributed by atoms with Crippen molar-refractivity contribution in [2.75, 3.05) is 0 Å². The first kappa shape index (κ1) is 17.7. The van der Waals surface area contributed by atoms with Crippen molar-refractivity contribution < 1.29 is 4.74 Å². The molecule has 0 saturated heterocycles. The number of rotatable bonds is 10. The van der Waals surface area contributed by atoms with Crippen molar-refractivity contribution in [1.82, 2.24) is 0 Å². The predicted octanol–water partition coefficient (Wildman–Crippen LogP) is 6.48. The Hall–Kier alpha value is -1.60. The number of hydrogen-bond acceptors (Lipinski definition) is 1. The van der Waals surface area contributed by atoms with Crippen molar-refractivity contribution in [3.05, 3.63) is 71.8 Å². The minimum atomic E-state index is -0.150. The lowest BCUT2D eigenvalue weighted by molar-refractivity contribution is -0.0770. The lowest BCUT2D eigenvalue weighted by atomic mass is 9.83. The van der Waals surface area contributed by atoms with Gasteiger partial charge in [0.05, 0.1) is 12.2 Å². The lowest BCUT2D eigenvalue weighted by Crippen LogP contribution is -2.30. The molecule has 0 atom stereocenters. The molecule has 2 rings (SSSR count). The van der Waals surface area contributed by atoms with Gasteiger partial charge in [-0.05, 0) is 24.0 Å².